The fraction of sp³-hybridized carbons (Fsp3) is 0.583. The van der Waals surface area contributed by atoms with Crippen LogP contribution in [0.15, 0.2) is 29.2 Å². The van der Waals surface area contributed by atoms with Crippen molar-refractivity contribution in [2.75, 3.05) is 19.6 Å². The summed E-state index contributed by atoms with van der Waals surface area (Å²) in [5.74, 6) is 0. The van der Waals surface area contributed by atoms with E-state index in [0.717, 1.165) is 26.2 Å². The Balaban J connectivity index is 1.75. The normalized spacial score (nSPS) is 17.5. The SMILES string of the molecule is O=c1ccccn1CCNN1CCCCC1. The molecule has 2 heterocycles. The maximum Gasteiger partial charge on any atom is 0.250 e. The molecule has 1 saturated heterocycles. The van der Waals surface area contributed by atoms with Gasteiger partial charge < -0.3 is 4.57 Å². The lowest BCUT2D eigenvalue weighted by Crippen LogP contribution is -2.43. The average Bonchev–Trinajstić information content (AvgIpc) is 2.33. The predicted molar refractivity (Wildman–Crippen MR) is 64.1 cm³/mol. The number of hydrogen-bond donors (Lipinski definition) is 1. The van der Waals surface area contributed by atoms with Gasteiger partial charge in [-0.1, -0.05) is 12.5 Å². The molecular weight excluding hydrogens is 202 g/mol. The molecule has 4 nitrogen and oxygen atoms in total. The summed E-state index contributed by atoms with van der Waals surface area (Å²) < 4.78 is 1.73. The van der Waals surface area contributed by atoms with Gasteiger partial charge in [0.2, 0.25) is 0 Å². The van der Waals surface area contributed by atoms with Crippen LogP contribution in [0, 0.1) is 0 Å². The molecule has 0 saturated carbocycles. The summed E-state index contributed by atoms with van der Waals surface area (Å²) in [5.41, 5.74) is 3.44. The third-order valence-corrected chi connectivity index (χ3v) is 2.94. The Bertz CT molecular complexity index is 369. The number of piperidine rings is 1. The summed E-state index contributed by atoms with van der Waals surface area (Å²) in [4.78, 5) is 11.4. The first-order chi connectivity index (χ1) is 7.86. The molecule has 0 spiro atoms. The molecule has 4 heteroatoms. The van der Waals surface area contributed by atoms with Crippen LogP contribution in [0.25, 0.3) is 0 Å². The fourth-order valence-corrected chi connectivity index (χ4v) is 2.03. The van der Waals surface area contributed by atoms with E-state index in [1.807, 2.05) is 12.3 Å². The number of rotatable bonds is 4. The van der Waals surface area contributed by atoms with Crippen molar-refractivity contribution >= 4 is 0 Å². The van der Waals surface area contributed by atoms with Crippen LogP contribution in [0.1, 0.15) is 19.3 Å². The van der Waals surface area contributed by atoms with Crippen LogP contribution in [0.3, 0.4) is 0 Å². The van der Waals surface area contributed by atoms with Gasteiger partial charge in [-0.05, 0) is 18.9 Å². The summed E-state index contributed by atoms with van der Waals surface area (Å²) in [7, 11) is 0. The molecule has 0 aliphatic carbocycles. The summed E-state index contributed by atoms with van der Waals surface area (Å²) in [6, 6.07) is 5.26. The van der Waals surface area contributed by atoms with Crippen molar-refractivity contribution in [2.45, 2.75) is 25.8 Å². The molecule has 0 atom stereocenters. The number of hydrogen-bond acceptors (Lipinski definition) is 3. The average molecular weight is 221 g/mol. The Morgan fingerprint density at radius 1 is 1.19 bits per heavy atom. The molecule has 1 aliphatic heterocycles. The zero-order chi connectivity index (χ0) is 11.2. The third-order valence-electron chi connectivity index (χ3n) is 2.94. The molecule has 1 aromatic rings. The Morgan fingerprint density at radius 2 is 2.00 bits per heavy atom. The van der Waals surface area contributed by atoms with Crippen molar-refractivity contribution in [2.24, 2.45) is 0 Å². The van der Waals surface area contributed by atoms with Crippen molar-refractivity contribution in [3.63, 3.8) is 0 Å². The van der Waals surface area contributed by atoms with Crippen molar-refractivity contribution in [1.29, 1.82) is 0 Å². The summed E-state index contributed by atoms with van der Waals surface area (Å²) in [6.45, 7) is 3.81. The van der Waals surface area contributed by atoms with Crippen LogP contribution in [-0.4, -0.2) is 29.2 Å². The van der Waals surface area contributed by atoms with E-state index in [4.69, 9.17) is 0 Å². The first-order valence-electron chi connectivity index (χ1n) is 6.00. The monoisotopic (exact) mass is 221 g/mol. The van der Waals surface area contributed by atoms with Gasteiger partial charge in [0, 0.05) is 38.4 Å². The molecule has 0 bridgehead atoms. The van der Waals surface area contributed by atoms with Crippen molar-refractivity contribution < 1.29 is 0 Å². The Labute approximate surface area is 95.9 Å². The van der Waals surface area contributed by atoms with E-state index in [0.29, 0.717) is 0 Å². The van der Waals surface area contributed by atoms with Gasteiger partial charge >= 0.3 is 0 Å². The quantitative estimate of drug-likeness (QED) is 0.818. The first kappa shape index (κ1) is 11.4. The van der Waals surface area contributed by atoms with E-state index in [2.05, 4.69) is 10.4 Å². The fourth-order valence-electron chi connectivity index (χ4n) is 2.03. The minimum Gasteiger partial charge on any atom is -0.314 e. The first-order valence-corrected chi connectivity index (χ1v) is 6.00. The molecule has 1 N–H and O–H groups in total. The van der Waals surface area contributed by atoms with Crippen LogP contribution < -0.4 is 11.0 Å². The second-order valence-electron chi connectivity index (χ2n) is 4.19. The Morgan fingerprint density at radius 3 is 2.75 bits per heavy atom. The second kappa shape index (κ2) is 5.82. The highest BCUT2D eigenvalue weighted by molar-refractivity contribution is 4.93. The van der Waals surface area contributed by atoms with Crippen LogP contribution in [0.5, 0.6) is 0 Å². The minimum atomic E-state index is 0.0722. The molecular formula is C12H19N3O. The van der Waals surface area contributed by atoms with Gasteiger partial charge in [-0.25, -0.2) is 5.01 Å². The predicted octanol–water partition coefficient (Wildman–Crippen LogP) is 0.839. The van der Waals surface area contributed by atoms with Crippen LogP contribution in [0.2, 0.25) is 0 Å². The van der Waals surface area contributed by atoms with Crippen LogP contribution in [0.4, 0.5) is 0 Å². The van der Waals surface area contributed by atoms with E-state index >= 15 is 0 Å². The second-order valence-corrected chi connectivity index (χ2v) is 4.19. The van der Waals surface area contributed by atoms with Gasteiger partial charge in [0.15, 0.2) is 0 Å². The number of nitrogens with zero attached hydrogens (tertiary/aromatic N) is 2. The standard InChI is InChI=1S/C12H19N3O/c16-12-6-2-5-8-14(12)11-7-13-15-9-3-1-4-10-15/h2,5-6,8,13H,1,3-4,7,9-11H2. The van der Waals surface area contributed by atoms with E-state index in [1.54, 1.807) is 16.7 Å². The molecule has 0 aromatic carbocycles. The van der Waals surface area contributed by atoms with Crippen molar-refractivity contribution in [1.82, 2.24) is 15.0 Å². The van der Waals surface area contributed by atoms with Crippen LogP contribution >= 0.6 is 0 Å². The molecule has 1 fully saturated rings. The highest BCUT2D eigenvalue weighted by Crippen LogP contribution is 2.05. The van der Waals surface area contributed by atoms with Gasteiger partial charge in [0.1, 0.15) is 0 Å². The largest absolute Gasteiger partial charge is 0.314 e. The van der Waals surface area contributed by atoms with E-state index < -0.39 is 0 Å². The van der Waals surface area contributed by atoms with Gasteiger partial charge in [-0.3, -0.25) is 10.2 Å². The number of hydrazine groups is 1. The van der Waals surface area contributed by atoms with Gasteiger partial charge in [0.05, 0.1) is 0 Å². The van der Waals surface area contributed by atoms with Crippen molar-refractivity contribution in [3.8, 4) is 0 Å². The maximum absolute atomic E-state index is 11.4. The van der Waals surface area contributed by atoms with Gasteiger partial charge in [-0.15, -0.1) is 0 Å². The Kier molecular flexibility index (Phi) is 4.13. The lowest BCUT2D eigenvalue weighted by molar-refractivity contribution is 0.152. The molecule has 0 unspecified atom stereocenters. The summed E-state index contributed by atoms with van der Waals surface area (Å²) in [5, 5.41) is 2.26. The molecule has 2 rings (SSSR count). The molecule has 16 heavy (non-hydrogen) atoms. The smallest absolute Gasteiger partial charge is 0.250 e. The number of pyridine rings is 1. The number of aromatic nitrogens is 1. The minimum absolute atomic E-state index is 0.0722. The van der Waals surface area contributed by atoms with Gasteiger partial charge in [-0.2, -0.15) is 0 Å². The van der Waals surface area contributed by atoms with E-state index in [-0.39, 0.29) is 5.56 Å². The lowest BCUT2D eigenvalue weighted by atomic mass is 10.2. The summed E-state index contributed by atoms with van der Waals surface area (Å²) in [6.07, 6.45) is 5.73. The number of nitrogens with one attached hydrogen (secondary N) is 1. The molecule has 0 amide bonds. The van der Waals surface area contributed by atoms with Crippen LogP contribution in [-0.2, 0) is 6.54 Å². The molecule has 88 valence electrons. The third kappa shape index (κ3) is 3.18. The highest BCUT2D eigenvalue weighted by atomic mass is 16.1. The van der Waals surface area contributed by atoms with E-state index in [1.165, 1.54) is 19.3 Å². The lowest BCUT2D eigenvalue weighted by Gasteiger charge is -2.27. The van der Waals surface area contributed by atoms with E-state index in [9.17, 15) is 4.79 Å². The zero-order valence-electron chi connectivity index (χ0n) is 9.56. The topological polar surface area (TPSA) is 37.3 Å². The molecule has 1 aromatic heterocycles. The summed E-state index contributed by atoms with van der Waals surface area (Å²) >= 11 is 0. The van der Waals surface area contributed by atoms with Gasteiger partial charge in [0.25, 0.3) is 5.56 Å². The molecule has 0 radical (unpaired) electrons. The van der Waals surface area contributed by atoms with Crippen molar-refractivity contribution in [3.05, 3.63) is 34.7 Å². The maximum atomic E-state index is 11.4. The highest BCUT2D eigenvalue weighted by Gasteiger charge is 2.08. The Hall–Kier alpha value is -1.13. The molecule has 1 aliphatic rings. The zero-order valence-corrected chi connectivity index (χ0v) is 9.56.